The van der Waals surface area contributed by atoms with Crippen LogP contribution in [-0.4, -0.2) is 36.3 Å². The number of hydrogen-bond acceptors (Lipinski definition) is 5. The van der Waals surface area contributed by atoms with Crippen molar-refractivity contribution in [2.24, 2.45) is 0 Å². The molecule has 0 radical (unpaired) electrons. The summed E-state index contributed by atoms with van der Waals surface area (Å²) in [5, 5.41) is 10.9. The number of fused-ring (bicyclic) bond motifs is 1. The van der Waals surface area contributed by atoms with Crippen LogP contribution in [0.25, 0.3) is 10.9 Å². The van der Waals surface area contributed by atoms with Crippen molar-refractivity contribution in [3.8, 4) is 5.75 Å². The van der Waals surface area contributed by atoms with Gasteiger partial charge in [0.1, 0.15) is 11.3 Å². The number of para-hydroxylation sites is 1. The molecule has 0 aliphatic carbocycles. The van der Waals surface area contributed by atoms with Crippen LogP contribution < -0.4 is 4.90 Å². The Labute approximate surface area is 123 Å². The lowest BCUT2D eigenvalue weighted by atomic mass is 10.1. The van der Waals surface area contributed by atoms with Crippen LogP contribution in [-0.2, 0) is 4.74 Å². The highest BCUT2D eigenvalue weighted by Gasteiger charge is 2.19. The van der Waals surface area contributed by atoms with Crippen molar-refractivity contribution in [2.45, 2.75) is 19.3 Å². The Bertz CT molecular complexity index is 679. The average Bonchev–Trinajstić information content (AvgIpc) is 2.54. The molecule has 0 bridgehead atoms. The summed E-state index contributed by atoms with van der Waals surface area (Å²) in [6.07, 6.45) is 3.50. The standard InChI is InChI=1S/C16H18N2O3/c1-21-16(20)12-10-13(18-8-3-2-4-9-18)11-6-5-7-14(19)15(11)17-12/h5-7,10,19H,2-4,8-9H2,1H3. The van der Waals surface area contributed by atoms with Gasteiger partial charge in [-0.2, -0.15) is 0 Å². The number of methoxy groups -OCH3 is 1. The number of esters is 1. The summed E-state index contributed by atoms with van der Waals surface area (Å²) in [7, 11) is 1.33. The molecule has 3 rings (SSSR count). The van der Waals surface area contributed by atoms with Crippen LogP contribution in [0.5, 0.6) is 5.75 Å². The molecule has 110 valence electrons. The molecule has 2 heterocycles. The number of nitrogens with zero attached hydrogens (tertiary/aromatic N) is 2. The molecule has 1 N–H and O–H groups in total. The number of benzene rings is 1. The van der Waals surface area contributed by atoms with E-state index in [-0.39, 0.29) is 11.4 Å². The van der Waals surface area contributed by atoms with Crippen molar-refractivity contribution in [3.63, 3.8) is 0 Å². The number of ether oxygens (including phenoxy) is 1. The zero-order valence-electron chi connectivity index (χ0n) is 12.0. The van der Waals surface area contributed by atoms with E-state index in [4.69, 9.17) is 4.74 Å². The van der Waals surface area contributed by atoms with E-state index in [1.54, 1.807) is 18.2 Å². The van der Waals surface area contributed by atoms with Crippen LogP contribution in [0.1, 0.15) is 29.8 Å². The van der Waals surface area contributed by atoms with Crippen LogP contribution in [0, 0.1) is 0 Å². The van der Waals surface area contributed by atoms with Crippen molar-refractivity contribution in [2.75, 3.05) is 25.1 Å². The van der Waals surface area contributed by atoms with Crippen LogP contribution in [0.3, 0.4) is 0 Å². The van der Waals surface area contributed by atoms with E-state index in [0.29, 0.717) is 5.52 Å². The van der Waals surface area contributed by atoms with Crippen LogP contribution in [0.15, 0.2) is 24.3 Å². The zero-order valence-corrected chi connectivity index (χ0v) is 12.0. The fourth-order valence-electron chi connectivity index (χ4n) is 2.82. The summed E-state index contributed by atoms with van der Waals surface area (Å²) in [5.74, 6) is -0.407. The van der Waals surface area contributed by atoms with Gasteiger partial charge in [0.15, 0.2) is 5.69 Å². The van der Waals surface area contributed by atoms with E-state index in [1.165, 1.54) is 13.5 Å². The molecule has 0 atom stereocenters. The van der Waals surface area contributed by atoms with E-state index in [1.807, 2.05) is 6.07 Å². The second-order valence-corrected chi connectivity index (χ2v) is 5.24. The molecule has 0 spiro atoms. The Morgan fingerprint density at radius 2 is 2.05 bits per heavy atom. The molecule has 1 fully saturated rings. The molecule has 0 saturated carbocycles. The maximum absolute atomic E-state index is 11.8. The molecule has 1 aliphatic rings. The minimum Gasteiger partial charge on any atom is -0.506 e. The summed E-state index contributed by atoms with van der Waals surface area (Å²) in [5.41, 5.74) is 1.61. The van der Waals surface area contributed by atoms with E-state index < -0.39 is 5.97 Å². The van der Waals surface area contributed by atoms with E-state index in [9.17, 15) is 9.90 Å². The van der Waals surface area contributed by atoms with Gasteiger partial charge in [0, 0.05) is 24.2 Å². The molecule has 21 heavy (non-hydrogen) atoms. The summed E-state index contributed by atoms with van der Waals surface area (Å²) >= 11 is 0. The number of aromatic hydroxyl groups is 1. The molecule has 5 heteroatoms. The molecule has 2 aromatic rings. The third kappa shape index (κ3) is 2.51. The van der Waals surface area contributed by atoms with Gasteiger partial charge in [-0.15, -0.1) is 0 Å². The zero-order chi connectivity index (χ0) is 14.8. The van der Waals surface area contributed by atoms with Crippen LogP contribution >= 0.6 is 0 Å². The molecule has 1 saturated heterocycles. The Hall–Kier alpha value is -2.30. The number of pyridine rings is 1. The van der Waals surface area contributed by atoms with Gasteiger partial charge in [0.25, 0.3) is 0 Å². The first-order chi connectivity index (χ1) is 10.2. The average molecular weight is 286 g/mol. The quantitative estimate of drug-likeness (QED) is 0.860. The maximum atomic E-state index is 11.8. The number of hydrogen-bond donors (Lipinski definition) is 1. The number of anilines is 1. The maximum Gasteiger partial charge on any atom is 0.356 e. The summed E-state index contributed by atoms with van der Waals surface area (Å²) < 4.78 is 4.77. The van der Waals surface area contributed by atoms with Crippen LogP contribution in [0.4, 0.5) is 5.69 Å². The topological polar surface area (TPSA) is 62.7 Å². The number of carbonyl (C=O) groups excluding carboxylic acids is 1. The minimum absolute atomic E-state index is 0.0801. The Balaban J connectivity index is 2.19. The van der Waals surface area contributed by atoms with Gasteiger partial charge in [-0.3, -0.25) is 0 Å². The first kappa shape index (κ1) is 13.7. The van der Waals surface area contributed by atoms with Gasteiger partial charge in [-0.05, 0) is 31.4 Å². The van der Waals surface area contributed by atoms with Gasteiger partial charge in [-0.25, -0.2) is 9.78 Å². The predicted octanol–water partition coefficient (Wildman–Crippen LogP) is 2.72. The fourth-order valence-corrected chi connectivity index (χ4v) is 2.82. The second-order valence-electron chi connectivity index (χ2n) is 5.24. The van der Waals surface area contributed by atoms with Gasteiger partial charge >= 0.3 is 5.97 Å². The monoisotopic (exact) mass is 286 g/mol. The number of aromatic nitrogens is 1. The summed E-state index contributed by atoms with van der Waals surface area (Å²) in [6, 6.07) is 7.06. The van der Waals surface area contributed by atoms with Gasteiger partial charge in [0.2, 0.25) is 0 Å². The highest BCUT2D eigenvalue weighted by molar-refractivity contribution is 6.00. The van der Waals surface area contributed by atoms with Crippen molar-refractivity contribution >= 4 is 22.6 Å². The normalized spacial score (nSPS) is 15.2. The molecule has 1 aromatic carbocycles. The SMILES string of the molecule is COC(=O)c1cc(N2CCCCC2)c2cccc(O)c2n1. The van der Waals surface area contributed by atoms with Crippen molar-refractivity contribution < 1.29 is 14.6 Å². The van der Waals surface area contributed by atoms with Crippen molar-refractivity contribution in [3.05, 3.63) is 30.0 Å². The Morgan fingerprint density at radius 1 is 1.29 bits per heavy atom. The largest absolute Gasteiger partial charge is 0.506 e. The lowest BCUT2D eigenvalue weighted by molar-refractivity contribution is 0.0594. The number of piperidine rings is 1. The Kier molecular flexibility index (Phi) is 3.64. The second kappa shape index (κ2) is 5.60. The van der Waals surface area contributed by atoms with E-state index in [0.717, 1.165) is 37.0 Å². The first-order valence-electron chi connectivity index (χ1n) is 7.16. The molecular weight excluding hydrogens is 268 g/mol. The molecule has 0 amide bonds. The fraction of sp³-hybridized carbons (Fsp3) is 0.375. The minimum atomic E-state index is -0.488. The third-order valence-corrected chi connectivity index (χ3v) is 3.89. The Morgan fingerprint density at radius 3 is 2.76 bits per heavy atom. The number of rotatable bonds is 2. The number of carbonyl (C=O) groups is 1. The summed E-state index contributed by atoms with van der Waals surface area (Å²) in [6.45, 7) is 1.91. The third-order valence-electron chi connectivity index (χ3n) is 3.89. The van der Waals surface area contributed by atoms with E-state index >= 15 is 0 Å². The lowest BCUT2D eigenvalue weighted by Gasteiger charge is -2.30. The predicted molar refractivity (Wildman–Crippen MR) is 80.8 cm³/mol. The van der Waals surface area contributed by atoms with Crippen LogP contribution in [0.2, 0.25) is 0 Å². The first-order valence-corrected chi connectivity index (χ1v) is 7.16. The molecule has 5 nitrogen and oxygen atoms in total. The smallest absolute Gasteiger partial charge is 0.356 e. The lowest BCUT2D eigenvalue weighted by Crippen LogP contribution is -2.29. The molecular formula is C16H18N2O3. The van der Waals surface area contributed by atoms with Gasteiger partial charge in [0.05, 0.1) is 7.11 Å². The molecule has 0 unspecified atom stereocenters. The van der Waals surface area contributed by atoms with Crippen molar-refractivity contribution in [1.29, 1.82) is 0 Å². The number of phenolic OH excluding ortho intramolecular Hbond substituents is 1. The van der Waals surface area contributed by atoms with E-state index in [2.05, 4.69) is 9.88 Å². The highest BCUT2D eigenvalue weighted by Crippen LogP contribution is 2.33. The number of phenols is 1. The van der Waals surface area contributed by atoms with Crippen molar-refractivity contribution in [1.82, 2.24) is 4.98 Å². The molecule has 1 aromatic heterocycles. The van der Waals surface area contributed by atoms with Gasteiger partial charge in [-0.1, -0.05) is 12.1 Å². The molecule has 1 aliphatic heterocycles. The highest BCUT2D eigenvalue weighted by atomic mass is 16.5. The summed E-state index contributed by atoms with van der Waals surface area (Å²) in [4.78, 5) is 18.3. The van der Waals surface area contributed by atoms with Gasteiger partial charge < -0.3 is 14.7 Å².